The number of aliphatic carboxylic acids is 3. The van der Waals surface area contributed by atoms with Crippen LogP contribution in [0.15, 0.2) is 71.3 Å². The molecule has 0 radical (unpaired) electrons. The van der Waals surface area contributed by atoms with E-state index >= 15 is 0 Å². The average Bonchev–Trinajstić information content (AvgIpc) is 3.60. The molecule has 362 valence electrons. The third-order valence-electron chi connectivity index (χ3n) is 10.9. The number of sulfone groups is 1. The normalized spacial score (nSPS) is 18.1. The van der Waals surface area contributed by atoms with E-state index in [1.54, 1.807) is 25.7 Å². The summed E-state index contributed by atoms with van der Waals surface area (Å²) in [5, 5.41) is 45.5. The molecule has 2 fully saturated rings. The molecule has 3 amide bonds. The van der Waals surface area contributed by atoms with E-state index in [-0.39, 0.29) is 119 Å². The number of carboxylic acid groups (broad SMARTS) is 3. The zero-order chi connectivity index (χ0) is 49.3. The number of amides is 3. The summed E-state index contributed by atoms with van der Waals surface area (Å²) in [4.78, 5) is 92.7. The number of likely N-dealkylation sites (tertiary alicyclic amines) is 1. The Morgan fingerprint density at radius 3 is 1.79 bits per heavy atom. The van der Waals surface area contributed by atoms with Crippen LogP contribution in [0.3, 0.4) is 0 Å². The molecule has 0 saturated carbocycles. The van der Waals surface area contributed by atoms with Crippen molar-refractivity contribution in [1.29, 1.82) is 5.26 Å². The van der Waals surface area contributed by atoms with E-state index in [0.29, 0.717) is 16.0 Å². The van der Waals surface area contributed by atoms with Crippen LogP contribution in [0.5, 0.6) is 0 Å². The van der Waals surface area contributed by atoms with Gasteiger partial charge in [0.05, 0.1) is 56.0 Å². The zero-order valence-corrected chi connectivity index (χ0v) is 37.3. The minimum absolute atomic E-state index is 0.00352. The summed E-state index contributed by atoms with van der Waals surface area (Å²) >= 11 is 0. The van der Waals surface area contributed by atoms with E-state index < -0.39 is 76.9 Å². The molecule has 0 unspecified atom stereocenters. The standard InChI is InChI=1S/C43H53F2N9O12S/c1-2-4-34(42(63)48-24-38(56)54-29-43(44,45)22-32(54)23-46)35-21-31(7-10-36(35)49-64)30-5-8-33(9-6-30)67(65,66)20-3-11-47-37(55)25-50-12-14-51(26-39(57)58)16-18-53(28-41(61)62)19-17-52(15-13-50)27-40(59)60/h2,4-10,21,32H,1,3,11-20,22,24-29H2,(H,47,55)(H,48,63)(H,57,58)(H,59,60)(H,61,62)/b34-4+/t32-/m0/s1. The Bertz CT molecular complexity index is 2310. The Labute approximate surface area is 385 Å². The number of allylic oxidation sites excluding steroid dienone is 2. The molecule has 67 heavy (non-hydrogen) atoms. The summed E-state index contributed by atoms with van der Waals surface area (Å²) in [5.41, 5.74) is 0.630. The predicted molar refractivity (Wildman–Crippen MR) is 238 cm³/mol. The highest BCUT2D eigenvalue weighted by atomic mass is 32.2. The number of nitroso groups, excluding NO2 is 1. The number of benzene rings is 2. The Balaban J connectivity index is 1.36. The summed E-state index contributed by atoms with van der Waals surface area (Å²) in [5.74, 6) is -9.06. The van der Waals surface area contributed by atoms with Crippen LogP contribution in [0, 0.1) is 16.2 Å². The number of nitrogens with one attached hydrogen (secondary N) is 2. The zero-order valence-electron chi connectivity index (χ0n) is 36.5. The number of carbonyl (C=O) groups excluding carboxylic acids is 3. The second-order valence-electron chi connectivity index (χ2n) is 15.9. The van der Waals surface area contributed by atoms with Crippen molar-refractivity contribution in [2.75, 3.05) is 104 Å². The van der Waals surface area contributed by atoms with Crippen molar-refractivity contribution in [2.24, 2.45) is 5.18 Å². The highest BCUT2D eigenvalue weighted by Crippen LogP contribution is 2.34. The minimum Gasteiger partial charge on any atom is -0.480 e. The molecule has 5 N–H and O–H groups in total. The van der Waals surface area contributed by atoms with Crippen molar-refractivity contribution >= 4 is 56.7 Å². The number of alkyl halides is 2. The van der Waals surface area contributed by atoms with Crippen molar-refractivity contribution in [3.05, 3.63) is 71.7 Å². The molecule has 0 aromatic heterocycles. The van der Waals surface area contributed by atoms with Gasteiger partial charge in [-0.15, -0.1) is 4.91 Å². The minimum atomic E-state index is -3.86. The number of nitriles is 1. The number of hydrogen-bond acceptors (Lipinski definition) is 15. The van der Waals surface area contributed by atoms with E-state index in [2.05, 4.69) is 22.4 Å². The van der Waals surface area contributed by atoms with Gasteiger partial charge in [0.25, 0.3) is 11.8 Å². The lowest BCUT2D eigenvalue weighted by Gasteiger charge is -2.32. The van der Waals surface area contributed by atoms with Gasteiger partial charge >= 0.3 is 17.9 Å². The first-order valence-corrected chi connectivity index (χ1v) is 22.7. The molecule has 24 heteroatoms. The predicted octanol–water partition coefficient (Wildman–Crippen LogP) is 0.952. The summed E-state index contributed by atoms with van der Waals surface area (Å²) in [7, 11) is -3.86. The van der Waals surface area contributed by atoms with E-state index in [4.69, 9.17) is 0 Å². The third kappa shape index (κ3) is 16.7. The molecule has 0 aliphatic carbocycles. The van der Waals surface area contributed by atoms with Crippen molar-refractivity contribution in [3.63, 3.8) is 0 Å². The lowest BCUT2D eigenvalue weighted by atomic mass is 9.96. The third-order valence-corrected chi connectivity index (χ3v) is 12.7. The number of rotatable bonds is 20. The van der Waals surface area contributed by atoms with Crippen LogP contribution in [0.4, 0.5) is 14.5 Å². The van der Waals surface area contributed by atoms with Crippen LogP contribution in [0.1, 0.15) is 18.4 Å². The smallest absolute Gasteiger partial charge is 0.317 e. The van der Waals surface area contributed by atoms with Crippen LogP contribution in [-0.4, -0.2) is 200 Å². The maximum Gasteiger partial charge on any atom is 0.317 e. The Morgan fingerprint density at radius 2 is 1.31 bits per heavy atom. The first-order valence-electron chi connectivity index (χ1n) is 21.0. The number of nitrogens with zero attached hydrogens (tertiary/aromatic N) is 7. The average molecular weight is 958 g/mol. The molecule has 0 spiro atoms. The molecule has 2 heterocycles. The van der Waals surface area contributed by atoms with Gasteiger partial charge in [0.15, 0.2) is 9.84 Å². The maximum absolute atomic E-state index is 13.9. The van der Waals surface area contributed by atoms with Gasteiger partial charge in [-0.25, -0.2) is 17.2 Å². The molecule has 2 aliphatic heterocycles. The highest BCUT2D eigenvalue weighted by Gasteiger charge is 2.47. The van der Waals surface area contributed by atoms with Gasteiger partial charge in [-0.05, 0) is 53.1 Å². The largest absolute Gasteiger partial charge is 0.480 e. The van der Waals surface area contributed by atoms with Crippen LogP contribution < -0.4 is 10.6 Å². The van der Waals surface area contributed by atoms with Crippen LogP contribution in [0.25, 0.3) is 16.7 Å². The lowest BCUT2D eigenvalue weighted by Crippen LogP contribution is -2.49. The van der Waals surface area contributed by atoms with E-state index in [0.717, 1.165) is 0 Å². The molecule has 0 bridgehead atoms. The molecule has 2 aromatic rings. The van der Waals surface area contributed by atoms with Crippen molar-refractivity contribution in [2.45, 2.75) is 29.7 Å². The summed E-state index contributed by atoms with van der Waals surface area (Å²) in [6.07, 6.45) is 1.71. The first kappa shape index (κ1) is 53.1. The van der Waals surface area contributed by atoms with Crippen LogP contribution >= 0.6 is 0 Å². The van der Waals surface area contributed by atoms with Crippen molar-refractivity contribution in [1.82, 2.24) is 35.1 Å². The Kier molecular flexibility index (Phi) is 19.7. The second kappa shape index (κ2) is 24.8. The van der Waals surface area contributed by atoms with Crippen LogP contribution in [-0.2, 0) is 38.6 Å². The van der Waals surface area contributed by atoms with E-state index in [9.17, 15) is 71.5 Å². The SMILES string of the molecule is C=C/C=C(/C(=O)NCC(=O)N1CC(F)(F)C[C@H]1C#N)c1cc(-c2ccc(S(=O)(=O)CCCNC(=O)CN3CCN(CC(=O)O)CCN(CC(=O)O)CCN(CC(=O)O)CC3)cc2)ccc1N=O. The molecule has 4 rings (SSSR count). The molecule has 2 aromatic carbocycles. The molecule has 21 nitrogen and oxygen atoms in total. The van der Waals surface area contributed by atoms with Crippen molar-refractivity contribution < 1.29 is 61.3 Å². The van der Waals surface area contributed by atoms with Gasteiger partial charge in [0.2, 0.25) is 11.8 Å². The van der Waals surface area contributed by atoms with Gasteiger partial charge in [0.1, 0.15) is 11.7 Å². The van der Waals surface area contributed by atoms with Gasteiger partial charge < -0.3 is 30.9 Å². The fourth-order valence-electron chi connectivity index (χ4n) is 7.47. The van der Waals surface area contributed by atoms with Gasteiger partial charge in [0, 0.05) is 76.5 Å². The summed E-state index contributed by atoms with van der Waals surface area (Å²) in [6.45, 7) is 2.55. The number of hydrogen-bond donors (Lipinski definition) is 5. The Morgan fingerprint density at radius 1 is 0.806 bits per heavy atom. The molecular weight excluding hydrogens is 905 g/mol. The lowest BCUT2D eigenvalue weighted by molar-refractivity contribution is -0.140. The number of carbonyl (C=O) groups is 6. The van der Waals surface area contributed by atoms with E-state index in [1.165, 1.54) is 54.6 Å². The maximum atomic E-state index is 13.9. The fourth-order valence-corrected chi connectivity index (χ4v) is 8.78. The second-order valence-corrected chi connectivity index (χ2v) is 18.0. The van der Waals surface area contributed by atoms with Gasteiger partial charge in [-0.3, -0.25) is 48.4 Å². The first-order chi connectivity index (χ1) is 31.7. The number of halogens is 2. The molecular formula is C43H53F2N9O12S. The van der Waals surface area contributed by atoms with Crippen LogP contribution in [0.2, 0.25) is 0 Å². The molecule has 2 aliphatic rings. The Hall–Kier alpha value is -6.52. The van der Waals surface area contributed by atoms with Gasteiger partial charge in [-0.2, -0.15) is 5.26 Å². The van der Waals surface area contributed by atoms with Gasteiger partial charge in [-0.1, -0.05) is 30.9 Å². The number of carboxylic acids is 3. The summed E-state index contributed by atoms with van der Waals surface area (Å²) < 4.78 is 54.4. The molecule has 2 saturated heterocycles. The monoisotopic (exact) mass is 957 g/mol. The van der Waals surface area contributed by atoms with Crippen molar-refractivity contribution in [3.8, 4) is 17.2 Å². The quantitative estimate of drug-likeness (QED) is 0.0534. The highest BCUT2D eigenvalue weighted by molar-refractivity contribution is 7.91. The molecule has 1 atom stereocenters. The van der Waals surface area contributed by atoms with E-state index in [1.807, 2.05) is 0 Å². The fraction of sp³-hybridized carbons (Fsp3) is 0.465. The topological polar surface area (TPSA) is 291 Å². The summed E-state index contributed by atoms with van der Waals surface area (Å²) in [6, 6.07) is 10.3.